The quantitative estimate of drug-likeness (QED) is 0.879. The number of aromatic nitrogens is 1. The number of morpholine rings is 1. The summed E-state index contributed by atoms with van der Waals surface area (Å²) >= 11 is 1.15. The zero-order chi connectivity index (χ0) is 17.2. The van der Waals surface area contributed by atoms with Gasteiger partial charge < -0.3 is 10.1 Å². The summed E-state index contributed by atoms with van der Waals surface area (Å²) in [4.78, 5) is 4.20. The molecule has 24 heavy (non-hydrogen) atoms. The summed E-state index contributed by atoms with van der Waals surface area (Å²) in [7, 11) is -3.48. The maximum absolute atomic E-state index is 12.6. The van der Waals surface area contributed by atoms with Crippen LogP contribution in [-0.2, 0) is 14.8 Å². The average molecular weight is 367 g/mol. The molecule has 0 aliphatic carbocycles. The second-order valence-electron chi connectivity index (χ2n) is 5.90. The number of ether oxygens (including phenoxy) is 1. The third-order valence-electron chi connectivity index (χ3n) is 3.88. The van der Waals surface area contributed by atoms with Gasteiger partial charge in [0.25, 0.3) is 10.0 Å². The Kier molecular flexibility index (Phi) is 5.19. The minimum Gasteiger partial charge on any atom is -0.379 e. The average Bonchev–Trinajstić information content (AvgIpc) is 3.05. The van der Waals surface area contributed by atoms with Crippen LogP contribution in [0.3, 0.4) is 0 Å². The van der Waals surface area contributed by atoms with E-state index in [1.54, 1.807) is 0 Å². The molecule has 1 fully saturated rings. The fourth-order valence-corrected chi connectivity index (χ4v) is 5.04. The van der Waals surface area contributed by atoms with Crippen molar-refractivity contribution in [3.63, 3.8) is 0 Å². The van der Waals surface area contributed by atoms with E-state index in [-0.39, 0.29) is 4.21 Å². The van der Waals surface area contributed by atoms with E-state index in [0.717, 1.165) is 17.0 Å². The molecule has 1 N–H and O–H groups in total. The molecule has 6 nitrogen and oxygen atoms in total. The van der Waals surface area contributed by atoms with E-state index < -0.39 is 10.0 Å². The summed E-state index contributed by atoms with van der Waals surface area (Å²) in [5, 5.41) is 3.73. The van der Waals surface area contributed by atoms with Crippen LogP contribution in [0.4, 0.5) is 10.8 Å². The second kappa shape index (κ2) is 7.18. The third kappa shape index (κ3) is 3.77. The predicted octanol–water partition coefficient (Wildman–Crippen LogP) is 3.03. The molecule has 130 valence electrons. The van der Waals surface area contributed by atoms with Crippen molar-refractivity contribution in [1.82, 2.24) is 9.29 Å². The molecule has 2 aromatic rings. The van der Waals surface area contributed by atoms with Crippen molar-refractivity contribution in [3.8, 4) is 0 Å². The standard InChI is InChI=1S/C16H21N3O3S2/c1-12(2)13-3-5-14(6-4-13)18-16-17-11-15(23-16)24(20,21)19-7-9-22-10-8-19/h3-6,11-12H,7-10H2,1-2H3,(H,17,18). The first-order chi connectivity index (χ1) is 11.5. The number of nitrogens with one attached hydrogen (secondary N) is 1. The Bertz CT molecular complexity index is 779. The zero-order valence-electron chi connectivity index (χ0n) is 13.7. The van der Waals surface area contributed by atoms with Gasteiger partial charge in [-0.3, -0.25) is 0 Å². The normalized spacial score (nSPS) is 16.5. The molecule has 1 aliphatic rings. The molecule has 0 unspecified atom stereocenters. The zero-order valence-corrected chi connectivity index (χ0v) is 15.4. The van der Waals surface area contributed by atoms with Crippen molar-refractivity contribution >= 4 is 32.2 Å². The van der Waals surface area contributed by atoms with Gasteiger partial charge in [0.1, 0.15) is 0 Å². The Labute approximate surface area is 146 Å². The van der Waals surface area contributed by atoms with Crippen molar-refractivity contribution in [2.24, 2.45) is 0 Å². The van der Waals surface area contributed by atoms with Crippen LogP contribution in [0.2, 0.25) is 0 Å². The van der Waals surface area contributed by atoms with Gasteiger partial charge >= 0.3 is 0 Å². The molecule has 0 amide bonds. The Morgan fingerprint density at radius 2 is 1.88 bits per heavy atom. The van der Waals surface area contributed by atoms with Crippen LogP contribution in [0.1, 0.15) is 25.3 Å². The summed E-state index contributed by atoms with van der Waals surface area (Å²) in [5.41, 5.74) is 2.15. The van der Waals surface area contributed by atoms with Crippen molar-refractivity contribution in [2.75, 3.05) is 31.6 Å². The number of anilines is 2. The van der Waals surface area contributed by atoms with Gasteiger partial charge in [0.15, 0.2) is 9.34 Å². The molecule has 2 heterocycles. The molecule has 1 aliphatic heterocycles. The first-order valence-corrected chi connectivity index (χ1v) is 10.1. The molecule has 1 saturated heterocycles. The number of sulfonamides is 1. The highest BCUT2D eigenvalue weighted by molar-refractivity contribution is 7.91. The molecule has 0 radical (unpaired) electrons. The minimum atomic E-state index is -3.48. The lowest BCUT2D eigenvalue weighted by atomic mass is 10.0. The molecule has 8 heteroatoms. The van der Waals surface area contributed by atoms with Crippen LogP contribution in [0.25, 0.3) is 0 Å². The summed E-state index contributed by atoms with van der Waals surface area (Å²) in [6.45, 7) is 5.94. The Balaban J connectivity index is 1.73. The summed E-state index contributed by atoms with van der Waals surface area (Å²) in [6.07, 6.45) is 1.42. The van der Waals surface area contributed by atoms with Crippen molar-refractivity contribution in [1.29, 1.82) is 0 Å². The second-order valence-corrected chi connectivity index (χ2v) is 9.10. The summed E-state index contributed by atoms with van der Waals surface area (Å²) in [6, 6.07) is 8.08. The van der Waals surface area contributed by atoms with Crippen LogP contribution in [-0.4, -0.2) is 44.0 Å². The first-order valence-electron chi connectivity index (χ1n) is 7.87. The van der Waals surface area contributed by atoms with Gasteiger partial charge in [-0.2, -0.15) is 4.31 Å². The molecular formula is C16H21N3O3S2. The molecule has 3 rings (SSSR count). The van der Waals surface area contributed by atoms with Gasteiger partial charge in [0.2, 0.25) is 0 Å². The maximum Gasteiger partial charge on any atom is 0.254 e. The predicted molar refractivity (Wildman–Crippen MR) is 95.5 cm³/mol. The highest BCUT2D eigenvalue weighted by Gasteiger charge is 2.28. The number of hydrogen-bond acceptors (Lipinski definition) is 6. The highest BCUT2D eigenvalue weighted by Crippen LogP contribution is 2.29. The monoisotopic (exact) mass is 367 g/mol. The molecule has 0 spiro atoms. The first kappa shape index (κ1) is 17.3. The molecule has 1 aromatic heterocycles. The highest BCUT2D eigenvalue weighted by atomic mass is 32.2. The van der Waals surface area contributed by atoms with E-state index in [1.165, 1.54) is 16.1 Å². The Morgan fingerprint density at radius 3 is 2.50 bits per heavy atom. The largest absolute Gasteiger partial charge is 0.379 e. The Morgan fingerprint density at radius 1 is 1.21 bits per heavy atom. The molecular weight excluding hydrogens is 346 g/mol. The molecule has 0 atom stereocenters. The van der Waals surface area contributed by atoms with Crippen LogP contribution in [0.5, 0.6) is 0 Å². The SMILES string of the molecule is CC(C)c1ccc(Nc2ncc(S(=O)(=O)N3CCOCC3)s2)cc1. The number of nitrogens with zero attached hydrogens (tertiary/aromatic N) is 2. The van der Waals surface area contributed by atoms with Gasteiger partial charge in [0.05, 0.1) is 19.4 Å². The van der Waals surface area contributed by atoms with E-state index in [2.05, 4.69) is 36.3 Å². The molecule has 0 saturated carbocycles. The van der Waals surface area contributed by atoms with Crippen molar-refractivity contribution in [3.05, 3.63) is 36.0 Å². The number of hydrogen-bond donors (Lipinski definition) is 1. The lowest BCUT2D eigenvalue weighted by Gasteiger charge is -2.25. The summed E-state index contributed by atoms with van der Waals surface area (Å²) < 4.78 is 32.1. The number of thiazole rings is 1. The topological polar surface area (TPSA) is 71.5 Å². The van der Waals surface area contributed by atoms with Crippen LogP contribution in [0, 0.1) is 0 Å². The van der Waals surface area contributed by atoms with Gasteiger partial charge in [-0.15, -0.1) is 0 Å². The van der Waals surface area contributed by atoms with E-state index in [4.69, 9.17) is 4.74 Å². The lowest BCUT2D eigenvalue weighted by molar-refractivity contribution is 0.0731. The maximum atomic E-state index is 12.6. The summed E-state index contributed by atoms with van der Waals surface area (Å²) in [5.74, 6) is 0.476. The number of rotatable bonds is 5. The van der Waals surface area contributed by atoms with Gasteiger partial charge in [-0.25, -0.2) is 13.4 Å². The van der Waals surface area contributed by atoms with Gasteiger partial charge in [-0.1, -0.05) is 37.3 Å². The van der Waals surface area contributed by atoms with Gasteiger partial charge in [-0.05, 0) is 23.6 Å². The minimum absolute atomic E-state index is 0.255. The molecule has 1 aromatic carbocycles. The van der Waals surface area contributed by atoms with E-state index in [0.29, 0.717) is 37.4 Å². The third-order valence-corrected chi connectivity index (χ3v) is 7.13. The van der Waals surface area contributed by atoms with Crippen molar-refractivity contribution in [2.45, 2.75) is 24.0 Å². The number of benzene rings is 1. The van der Waals surface area contributed by atoms with E-state index in [9.17, 15) is 8.42 Å². The van der Waals surface area contributed by atoms with Crippen LogP contribution >= 0.6 is 11.3 Å². The van der Waals surface area contributed by atoms with Gasteiger partial charge in [0, 0.05) is 18.8 Å². The van der Waals surface area contributed by atoms with E-state index in [1.807, 2.05) is 12.1 Å². The Hall–Kier alpha value is -1.48. The fourth-order valence-electron chi connectivity index (χ4n) is 2.43. The molecule has 0 bridgehead atoms. The van der Waals surface area contributed by atoms with Crippen LogP contribution < -0.4 is 5.32 Å². The van der Waals surface area contributed by atoms with Crippen LogP contribution in [0.15, 0.2) is 34.7 Å². The van der Waals surface area contributed by atoms with E-state index >= 15 is 0 Å². The van der Waals surface area contributed by atoms with Crippen molar-refractivity contribution < 1.29 is 13.2 Å². The fraction of sp³-hybridized carbons (Fsp3) is 0.438. The smallest absolute Gasteiger partial charge is 0.254 e. The lowest BCUT2D eigenvalue weighted by Crippen LogP contribution is -2.40.